The molecular formula is C24H29BrN2O3. The van der Waals surface area contributed by atoms with Crippen molar-refractivity contribution >= 4 is 32.5 Å². The van der Waals surface area contributed by atoms with Crippen LogP contribution in [-0.4, -0.2) is 24.3 Å². The number of anilines is 1. The lowest BCUT2D eigenvalue weighted by atomic mass is 9.88. The number of nitrogens with one attached hydrogen (secondary N) is 1. The molecule has 30 heavy (non-hydrogen) atoms. The van der Waals surface area contributed by atoms with Crippen LogP contribution in [0.25, 0.3) is 10.8 Å². The number of benzene rings is 2. The molecule has 0 saturated heterocycles. The molecule has 0 radical (unpaired) electrons. The lowest BCUT2D eigenvalue weighted by Crippen LogP contribution is -2.22. The molecule has 0 unspecified atom stereocenters. The van der Waals surface area contributed by atoms with Crippen LogP contribution in [-0.2, 0) is 12.1 Å². The van der Waals surface area contributed by atoms with Crippen LogP contribution in [0.1, 0.15) is 50.4 Å². The Morgan fingerprint density at radius 2 is 1.80 bits per heavy atom. The Labute approximate surface area is 186 Å². The summed E-state index contributed by atoms with van der Waals surface area (Å²) in [5.41, 5.74) is 1.67. The largest absolute Gasteiger partial charge is 0.497 e. The molecule has 2 aromatic carbocycles. The van der Waals surface area contributed by atoms with E-state index in [1.165, 1.54) is 0 Å². The molecule has 3 rings (SSSR count). The van der Waals surface area contributed by atoms with Crippen LogP contribution >= 0.6 is 15.9 Å². The van der Waals surface area contributed by atoms with Crippen LogP contribution in [0.5, 0.6) is 11.5 Å². The van der Waals surface area contributed by atoms with E-state index >= 15 is 0 Å². The van der Waals surface area contributed by atoms with E-state index in [2.05, 4.69) is 47.2 Å². The highest BCUT2D eigenvalue weighted by Gasteiger charge is 2.27. The maximum Gasteiger partial charge on any atom is 0.134 e. The molecule has 160 valence electrons. The molecule has 0 aliphatic rings. The van der Waals surface area contributed by atoms with E-state index in [-0.39, 0.29) is 5.92 Å². The summed E-state index contributed by atoms with van der Waals surface area (Å²) >= 11 is 3.59. The van der Waals surface area contributed by atoms with Crippen LogP contribution in [0.2, 0.25) is 0 Å². The van der Waals surface area contributed by atoms with Gasteiger partial charge >= 0.3 is 0 Å². The monoisotopic (exact) mass is 472 g/mol. The number of pyridine rings is 1. The normalized spacial score (nSPS) is 11.8. The van der Waals surface area contributed by atoms with Gasteiger partial charge in [0.25, 0.3) is 0 Å². The smallest absolute Gasteiger partial charge is 0.134 e. The van der Waals surface area contributed by atoms with Gasteiger partial charge in [-0.2, -0.15) is 0 Å². The van der Waals surface area contributed by atoms with E-state index in [0.29, 0.717) is 12.2 Å². The highest BCUT2D eigenvalue weighted by molar-refractivity contribution is 9.10. The van der Waals surface area contributed by atoms with E-state index in [1.54, 1.807) is 28.1 Å². The van der Waals surface area contributed by atoms with Crippen molar-refractivity contribution in [2.45, 2.75) is 45.8 Å². The van der Waals surface area contributed by atoms with Gasteiger partial charge in [-0.1, -0.05) is 29.8 Å². The number of ether oxygens (including phenoxy) is 2. The van der Waals surface area contributed by atoms with Crippen LogP contribution in [0.15, 0.2) is 40.9 Å². The van der Waals surface area contributed by atoms with E-state index in [1.807, 2.05) is 24.3 Å². The first-order chi connectivity index (χ1) is 14.2. The second kappa shape index (κ2) is 8.82. The fraction of sp³-hybridized carbons (Fsp3) is 0.375. The van der Waals surface area contributed by atoms with Crippen molar-refractivity contribution in [3.8, 4) is 11.5 Å². The van der Waals surface area contributed by atoms with Gasteiger partial charge in [0.2, 0.25) is 0 Å². The molecule has 2 N–H and O–H groups in total. The van der Waals surface area contributed by atoms with Crippen LogP contribution in [0.3, 0.4) is 0 Å². The van der Waals surface area contributed by atoms with Crippen molar-refractivity contribution < 1.29 is 14.6 Å². The molecule has 6 heteroatoms. The van der Waals surface area contributed by atoms with E-state index in [4.69, 9.17) is 14.5 Å². The summed E-state index contributed by atoms with van der Waals surface area (Å²) in [4.78, 5) is 4.89. The molecule has 1 heterocycles. The fourth-order valence-electron chi connectivity index (χ4n) is 3.67. The molecule has 0 bridgehead atoms. The Bertz CT molecular complexity index is 1060. The first kappa shape index (κ1) is 22.4. The highest BCUT2D eigenvalue weighted by Crippen LogP contribution is 2.38. The van der Waals surface area contributed by atoms with Gasteiger partial charge in [-0.05, 0) is 61.0 Å². The van der Waals surface area contributed by atoms with Gasteiger partial charge in [0, 0.05) is 28.0 Å². The number of nitrogens with zero attached hydrogens (tertiary/aromatic N) is 1. The third kappa shape index (κ3) is 4.55. The number of halogens is 1. The molecule has 5 nitrogen and oxygen atoms in total. The number of aromatic nitrogens is 1. The summed E-state index contributed by atoms with van der Waals surface area (Å²) in [6.45, 7) is 8.34. The molecule has 0 aliphatic heterocycles. The Morgan fingerprint density at radius 1 is 1.07 bits per heavy atom. The SMILES string of the molecule is COc1ccc(CNc2nc(C(C)(C)O)c(C(C)C)c3cc(Br)ccc23)c(OC)c1. The number of fused-ring (bicyclic) bond motifs is 1. The second-order valence-corrected chi connectivity index (χ2v) is 9.07. The Kier molecular flexibility index (Phi) is 6.58. The molecular weight excluding hydrogens is 444 g/mol. The third-order valence-electron chi connectivity index (χ3n) is 5.10. The van der Waals surface area contributed by atoms with E-state index in [9.17, 15) is 5.11 Å². The summed E-state index contributed by atoms with van der Waals surface area (Å²) in [5, 5.41) is 16.4. The second-order valence-electron chi connectivity index (χ2n) is 8.16. The zero-order valence-corrected chi connectivity index (χ0v) is 19.9. The summed E-state index contributed by atoms with van der Waals surface area (Å²) in [5.74, 6) is 2.44. The average Bonchev–Trinajstić information content (AvgIpc) is 2.70. The fourth-order valence-corrected chi connectivity index (χ4v) is 4.03. The Morgan fingerprint density at radius 3 is 2.40 bits per heavy atom. The predicted molar refractivity (Wildman–Crippen MR) is 126 cm³/mol. The van der Waals surface area contributed by atoms with Crippen LogP contribution in [0.4, 0.5) is 5.82 Å². The first-order valence-electron chi connectivity index (χ1n) is 9.96. The van der Waals surface area contributed by atoms with Gasteiger partial charge in [0.05, 0.1) is 19.9 Å². The molecule has 0 amide bonds. The molecule has 0 saturated carbocycles. The Hall–Kier alpha value is -2.31. The van der Waals surface area contributed by atoms with Crippen molar-refractivity contribution in [3.05, 3.63) is 57.7 Å². The average molecular weight is 473 g/mol. The van der Waals surface area contributed by atoms with E-state index < -0.39 is 5.60 Å². The molecule has 1 aromatic heterocycles. The van der Waals surface area contributed by atoms with Crippen molar-refractivity contribution in [2.75, 3.05) is 19.5 Å². The topological polar surface area (TPSA) is 63.6 Å². The highest BCUT2D eigenvalue weighted by atomic mass is 79.9. The van der Waals surface area contributed by atoms with Gasteiger partial charge in [0.15, 0.2) is 0 Å². The summed E-state index contributed by atoms with van der Waals surface area (Å²) in [7, 11) is 3.28. The molecule has 0 fully saturated rings. The number of hydrogen-bond acceptors (Lipinski definition) is 5. The van der Waals surface area contributed by atoms with Gasteiger partial charge in [-0.25, -0.2) is 4.98 Å². The van der Waals surface area contributed by atoms with Crippen LogP contribution < -0.4 is 14.8 Å². The summed E-state index contributed by atoms with van der Waals surface area (Å²) < 4.78 is 11.8. The zero-order valence-electron chi connectivity index (χ0n) is 18.3. The molecule has 0 aliphatic carbocycles. The van der Waals surface area contributed by atoms with Crippen molar-refractivity contribution in [1.29, 1.82) is 0 Å². The minimum atomic E-state index is -1.07. The minimum Gasteiger partial charge on any atom is -0.497 e. The van der Waals surface area contributed by atoms with Gasteiger partial charge in [0.1, 0.15) is 22.9 Å². The Balaban J connectivity index is 2.11. The number of hydrogen-bond donors (Lipinski definition) is 2. The molecule has 0 spiro atoms. The molecule has 3 aromatic rings. The summed E-state index contributed by atoms with van der Waals surface area (Å²) in [6.07, 6.45) is 0. The van der Waals surface area contributed by atoms with Crippen molar-refractivity contribution in [1.82, 2.24) is 4.98 Å². The number of methoxy groups -OCH3 is 2. The van der Waals surface area contributed by atoms with E-state index in [0.717, 1.165) is 43.7 Å². The number of rotatable bonds is 7. The van der Waals surface area contributed by atoms with Gasteiger partial charge in [-0.3, -0.25) is 0 Å². The maximum absolute atomic E-state index is 10.9. The third-order valence-corrected chi connectivity index (χ3v) is 5.60. The van der Waals surface area contributed by atoms with Gasteiger partial charge < -0.3 is 19.9 Å². The van der Waals surface area contributed by atoms with Crippen LogP contribution in [0, 0.1) is 0 Å². The van der Waals surface area contributed by atoms with Crippen molar-refractivity contribution in [2.24, 2.45) is 0 Å². The minimum absolute atomic E-state index is 0.214. The zero-order chi connectivity index (χ0) is 22.1. The lowest BCUT2D eigenvalue weighted by Gasteiger charge is -2.26. The van der Waals surface area contributed by atoms with Gasteiger partial charge in [-0.15, -0.1) is 0 Å². The standard InChI is InChI=1S/C24H29BrN2O3/c1-14(2)21-19-11-16(25)8-10-18(19)23(27-22(21)24(3,4)28)26-13-15-7-9-17(29-5)12-20(15)30-6/h7-12,14,28H,13H2,1-6H3,(H,26,27). The quantitative estimate of drug-likeness (QED) is 0.442. The summed E-state index contributed by atoms with van der Waals surface area (Å²) in [6, 6.07) is 11.9. The predicted octanol–water partition coefficient (Wildman–Crippen LogP) is 5.98. The maximum atomic E-state index is 10.9. The number of aliphatic hydroxyl groups is 1. The lowest BCUT2D eigenvalue weighted by molar-refractivity contribution is 0.0728. The van der Waals surface area contributed by atoms with Crippen molar-refractivity contribution in [3.63, 3.8) is 0 Å². The first-order valence-corrected chi connectivity index (χ1v) is 10.8. The molecule has 0 atom stereocenters.